The van der Waals surface area contributed by atoms with Gasteiger partial charge in [0.15, 0.2) is 0 Å². The molecule has 1 atom stereocenters. The summed E-state index contributed by atoms with van der Waals surface area (Å²) in [5, 5.41) is 8.07. The summed E-state index contributed by atoms with van der Waals surface area (Å²) in [5.41, 5.74) is 0. The van der Waals surface area contributed by atoms with E-state index in [1.165, 1.54) is 32.1 Å². The molecule has 18 heavy (non-hydrogen) atoms. The normalized spacial score (nSPS) is 18.7. The standard InChI is InChI=1S/C14H26N4/c1-4-9-15-13(12-7-5-6-8-12)14-16-10-17-18(14)11(2)3/h10-13,15H,4-9H2,1-3H3. The molecule has 0 spiro atoms. The van der Waals surface area contributed by atoms with E-state index in [0.717, 1.165) is 18.3 Å². The van der Waals surface area contributed by atoms with Crippen LogP contribution in [-0.2, 0) is 0 Å². The van der Waals surface area contributed by atoms with Crippen molar-refractivity contribution in [1.29, 1.82) is 0 Å². The van der Waals surface area contributed by atoms with Crippen LogP contribution in [-0.4, -0.2) is 21.3 Å². The molecule has 0 aromatic carbocycles. The van der Waals surface area contributed by atoms with Crippen molar-refractivity contribution in [3.63, 3.8) is 0 Å². The Kier molecular flexibility index (Phi) is 4.75. The summed E-state index contributed by atoms with van der Waals surface area (Å²) in [6.07, 6.45) is 8.25. The molecule has 1 saturated carbocycles. The third kappa shape index (κ3) is 2.91. The summed E-state index contributed by atoms with van der Waals surface area (Å²) in [7, 11) is 0. The summed E-state index contributed by atoms with van der Waals surface area (Å²) in [6, 6.07) is 0.771. The molecule has 1 aromatic heterocycles. The van der Waals surface area contributed by atoms with Gasteiger partial charge in [-0.1, -0.05) is 19.8 Å². The van der Waals surface area contributed by atoms with E-state index in [0.29, 0.717) is 12.1 Å². The number of nitrogens with zero attached hydrogens (tertiary/aromatic N) is 3. The van der Waals surface area contributed by atoms with Crippen LogP contribution in [0.5, 0.6) is 0 Å². The Morgan fingerprint density at radius 1 is 1.39 bits per heavy atom. The summed E-state index contributed by atoms with van der Waals surface area (Å²) in [4.78, 5) is 4.52. The van der Waals surface area contributed by atoms with Gasteiger partial charge in [-0.2, -0.15) is 5.10 Å². The van der Waals surface area contributed by atoms with E-state index in [1.807, 2.05) is 0 Å². The van der Waals surface area contributed by atoms with Crippen LogP contribution in [0.3, 0.4) is 0 Å². The van der Waals surface area contributed by atoms with Crippen molar-refractivity contribution >= 4 is 0 Å². The fraction of sp³-hybridized carbons (Fsp3) is 0.857. The molecule has 1 aromatic rings. The lowest BCUT2D eigenvalue weighted by molar-refractivity contribution is 0.330. The van der Waals surface area contributed by atoms with Gasteiger partial charge in [0.1, 0.15) is 12.2 Å². The Morgan fingerprint density at radius 3 is 2.72 bits per heavy atom. The maximum absolute atomic E-state index is 4.52. The summed E-state index contributed by atoms with van der Waals surface area (Å²) < 4.78 is 2.08. The predicted octanol–water partition coefficient (Wildman–Crippen LogP) is 3.09. The van der Waals surface area contributed by atoms with E-state index in [4.69, 9.17) is 0 Å². The average Bonchev–Trinajstić information content (AvgIpc) is 3.00. The Labute approximate surface area is 110 Å². The molecule has 1 unspecified atom stereocenters. The highest BCUT2D eigenvalue weighted by atomic mass is 15.4. The highest BCUT2D eigenvalue weighted by Gasteiger charge is 2.29. The molecule has 2 rings (SSSR count). The molecule has 4 heteroatoms. The third-order valence-electron chi connectivity index (χ3n) is 3.85. The molecule has 0 aliphatic heterocycles. The smallest absolute Gasteiger partial charge is 0.144 e. The minimum atomic E-state index is 0.384. The van der Waals surface area contributed by atoms with Crippen LogP contribution >= 0.6 is 0 Å². The average molecular weight is 250 g/mol. The molecular formula is C14H26N4. The van der Waals surface area contributed by atoms with Crippen molar-refractivity contribution in [2.45, 2.75) is 65.0 Å². The zero-order chi connectivity index (χ0) is 13.0. The zero-order valence-corrected chi connectivity index (χ0v) is 11.9. The van der Waals surface area contributed by atoms with Gasteiger partial charge in [-0.15, -0.1) is 0 Å². The van der Waals surface area contributed by atoms with Gasteiger partial charge in [0.05, 0.1) is 6.04 Å². The van der Waals surface area contributed by atoms with Gasteiger partial charge in [-0.25, -0.2) is 9.67 Å². The monoisotopic (exact) mass is 250 g/mol. The van der Waals surface area contributed by atoms with Gasteiger partial charge < -0.3 is 5.32 Å². The molecule has 1 aliphatic rings. The van der Waals surface area contributed by atoms with E-state index in [9.17, 15) is 0 Å². The maximum Gasteiger partial charge on any atom is 0.144 e. The summed E-state index contributed by atoms with van der Waals surface area (Å²) in [5.74, 6) is 1.86. The lowest BCUT2D eigenvalue weighted by atomic mass is 9.97. The first-order chi connectivity index (χ1) is 8.74. The molecule has 0 amide bonds. The van der Waals surface area contributed by atoms with Gasteiger partial charge in [0.25, 0.3) is 0 Å². The van der Waals surface area contributed by atoms with Crippen molar-refractivity contribution in [3.05, 3.63) is 12.2 Å². The molecule has 0 bridgehead atoms. The van der Waals surface area contributed by atoms with E-state index in [2.05, 4.69) is 40.9 Å². The van der Waals surface area contributed by atoms with Crippen LogP contribution in [0, 0.1) is 5.92 Å². The number of rotatable bonds is 6. The van der Waals surface area contributed by atoms with Crippen LogP contribution in [0.15, 0.2) is 6.33 Å². The molecule has 1 N–H and O–H groups in total. The van der Waals surface area contributed by atoms with Crippen LogP contribution < -0.4 is 5.32 Å². The number of hydrogen-bond acceptors (Lipinski definition) is 3. The molecule has 4 nitrogen and oxygen atoms in total. The van der Waals surface area contributed by atoms with E-state index in [1.54, 1.807) is 6.33 Å². The first kappa shape index (κ1) is 13.5. The fourth-order valence-corrected chi connectivity index (χ4v) is 2.94. The van der Waals surface area contributed by atoms with Gasteiger partial charge >= 0.3 is 0 Å². The molecule has 102 valence electrons. The minimum absolute atomic E-state index is 0.384. The highest BCUT2D eigenvalue weighted by Crippen LogP contribution is 2.35. The molecule has 0 radical (unpaired) electrons. The SMILES string of the molecule is CCCNC(c1ncnn1C(C)C)C1CCCC1. The fourth-order valence-electron chi connectivity index (χ4n) is 2.94. The number of aromatic nitrogens is 3. The van der Waals surface area contributed by atoms with E-state index in [-0.39, 0.29) is 0 Å². The first-order valence-corrected chi connectivity index (χ1v) is 7.36. The Hall–Kier alpha value is -0.900. The van der Waals surface area contributed by atoms with Crippen LogP contribution in [0.4, 0.5) is 0 Å². The minimum Gasteiger partial charge on any atom is -0.307 e. The zero-order valence-electron chi connectivity index (χ0n) is 11.9. The Morgan fingerprint density at radius 2 is 2.11 bits per heavy atom. The van der Waals surface area contributed by atoms with Gasteiger partial charge in [-0.05, 0) is 45.6 Å². The van der Waals surface area contributed by atoms with Crippen molar-refractivity contribution in [3.8, 4) is 0 Å². The van der Waals surface area contributed by atoms with Crippen LogP contribution in [0.25, 0.3) is 0 Å². The molecular weight excluding hydrogens is 224 g/mol. The van der Waals surface area contributed by atoms with Gasteiger partial charge in [-0.3, -0.25) is 0 Å². The quantitative estimate of drug-likeness (QED) is 0.843. The lowest BCUT2D eigenvalue weighted by Gasteiger charge is -2.25. The second-order valence-electron chi connectivity index (χ2n) is 5.63. The van der Waals surface area contributed by atoms with Crippen LogP contribution in [0.2, 0.25) is 0 Å². The first-order valence-electron chi connectivity index (χ1n) is 7.36. The molecule has 1 aliphatic carbocycles. The third-order valence-corrected chi connectivity index (χ3v) is 3.85. The van der Waals surface area contributed by atoms with Crippen molar-refractivity contribution in [1.82, 2.24) is 20.1 Å². The Balaban J connectivity index is 2.18. The second-order valence-corrected chi connectivity index (χ2v) is 5.63. The summed E-state index contributed by atoms with van der Waals surface area (Å²) in [6.45, 7) is 7.62. The topological polar surface area (TPSA) is 42.7 Å². The second kappa shape index (κ2) is 6.32. The molecule has 1 fully saturated rings. The van der Waals surface area contributed by atoms with Crippen LogP contribution in [0.1, 0.15) is 70.8 Å². The number of hydrogen-bond donors (Lipinski definition) is 1. The van der Waals surface area contributed by atoms with E-state index < -0.39 is 0 Å². The van der Waals surface area contributed by atoms with Gasteiger partial charge in [0, 0.05) is 6.04 Å². The maximum atomic E-state index is 4.52. The Bertz CT molecular complexity index is 352. The summed E-state index contributed by atoms with van der Waals surface area (Å²) >= 11 is 0. The number of nitrogens with one attached hydrogen (secondary N) is 1. The lowest BCUT2D eigenvalue weighted by Crippen LogP contribution is -2.31. The van der Waals surface area contributed by atoms with Crippen molar-refractivity contribution in [2.24, 2.45) is 5.92 Å². The van der Waals surface area contributed by atoms with E-state index >= 15 is 0 Å². The van der Waals surface area contributed by atoms with Crippen molar-refractivity contribution < 1.29 is 0 Å². The highest BCUT2D eigenvalue weighted by molar-refractivity contribution is 5.00. The molecule has 1 heterocycles. The largest absolute Gasteiger partial charge is 0.307 e. The molecule has 0 saturated heterocycles. The van der Waals surface area contributed by atoms with Crippen molar-refractivity contribution in [2.75, 3.05) is 6.54 Å². The van der Waals surface area contributed by atoms with Gasteiger partial charge in [0.2, 0.25) is 0 Å². The predicted molar refractivity (Wildman–Crippen MR) is 73.4 cm³/mol.